The van der Waals surface area contributed by atoms with E-state index in [1.165, 1.54) is 5.56 Å². The zero-order valence-electron chi connectivity index (χ0n) is 12.7. The van der Waals surface area contributed by atoms with E-state index in [1.54, 1.807) is 0 Å². The van der Waals surface area contributed by atoms with Crippen molar-refractivity contribution in [3.63, 3.8) is 0 Å². The van der Waals surface area contributed by atoms with Crippen molar-refractivity contribution in [3.8, 4) is 11.5 Å². The Labute approximate surface area is 132 Å². The van der Waals surface area contributed by atoms with Gasteiger partial charge in [-0.25, -0.2) is 0 Å². The number of ether oxygens (including phenoxy) is 1. The lowest BCUT2D eigenvalue weighted by atomic mass is 10.1. The molecule has 112 valence electrons. The normalized spacial score (nSPS) is 10.6. The highest BCUT2D eigenvalue weighted by molar-refractivity contribution is 6.30. The van der Waals surface area contributed by atoms with Crippen molar-refractivity contribution >= 4 is 11.6 Å². The van der Waals surface area contributed by atoms with Gasteiger partial charge in [-0.1, -0.05) is 49.7 Å². The Morgan fingerprint density at radius 1 is 1.00 bits per heavy atom. The van der Waals surface area contributed by atoms with Gasteiger partial charge >= 0.3 is 0 Å². The largest absolute Gasteiger partial charge is 0.457 e. The van der Waals surface area contributed by atoms with Gasteiger partial charge in [-0.05, 0) is 43.1 Å². The Morgan fingerprint density at radius 2 is 1.81 bits per heavy atom. The smallest absolute Gasteiger partial charge is 0.133 e. The predicted octanol–water partition coefficient (Wildman–Crippen LogP) is 5.19. The van der Waals surface area contributed by atoms with Crippen molar-refractivity contribution < 1.29 is 4.74 Å². The fraction of sp³-hybridized carbons (Fsp3) is 0.333. The van der Waals surface area contributed by atoms with Gasteiger partial charge in [0.2, 0.25) is 0 Å². The summed E-state index contributed by atoms with van der Waals surface area (Å²) in [5, 5.41) is 4.10. The van der Waals surface area contributed by atoms with Crippen LogP contribution in [0.3, 0.4) is 0 Å². The maximum atomic E-state index is 6.12. The number of halogens is 1. The summed E-state index contributed by atoms with van der Waals surface area (Å²) in [4.78, 5) is 0. The van der Waals surface area contributed by atoms with Crippen molar-refractivity contribution in [3.05, 3.63) is 58.6 Å². The molecule has 2 aromatic carbocycles. The Kier molecular flexibility index (Phi) is 6.09. The van der Waals surface area contributed by atoms with Crippen LogP contribution in [0.5, 0.6) is 11.5 Å². The molecule has 0 spiro atoms. The van der Waals surface area contributed by atoms with Gasteiger partial charge in [0.05, 0.1) is 0 Å². The number of hydrogen-bond donors (Lipinski definition) is 1. The van der Waals surface area contributed by atoms with E-state index in [1.807, 2.05) is 36.4 Å². The lowest BCUT2D eigenvalue weighted by Gasteiger charge is -2.14. The minimum absolute atomic E-state index is 0.693. The lowest BCUT2D eigenvalue weighted by Crippen LogP contribution is -2.14. The SMILES string of the molecule is CCCNCc1ccc(Cl)cc1Oc1ccccc1CC. The first-order valence-corrected chi connectivity index (χ1v) is 7.87. The topological polar surface area (TPSA) is 21.3 Å². The highest BCUT2D eigenvalue weighted by atomic mass is 35.5. The summed E-state index contributed by atoms with van der Waals surface area (Å²) < 4.78 is 6.12. The van der Waals surface area contributed by atoms with Crippen LogP contribution in [0.4, 0.5) is 0 Å². The van der Waals surface area contributed by atoms with Gasteiger partial charge in [0.25, 0.3) is 0 Å². The van der Waals surface area contributed by atoms with Crippen molar-refractivity contribution in [1.82, 2.24) is 5.32 Å². The van der Waals surface area contributed by atoms with Crippen molar-refractivity contribution in [2.75, 3.05) is 6.54 Å². The van der Waals surface area contributed by atoms with Gasteiger partial charge in [0.1, 0.15) is 11.5 Å². The first-order valence-electron chi connectivity index (χ1n) is 7.49. The molecule has 0 bridgehead atoms. The third-order valence-electron chi connectivity index (χ3n) is 3.34. The molecule has 2 aromatic rings. The molecule has 0 heterocycles. The molecule has 3 heteroatoms. The second-order valence-electron chi connectivity index (χ2n) is 4.99. The molecular formula is C18H22ClNO. The first-order chi connectivity index (χ1) is 10.2. The van der Waals surface area contributed by atoms with Gasteiger partial charge in [-0.2, -0.15) is 0 Å². The Bertz CT molecular complexity index is 583. The molecule has 1 N–H and O–H groups in total. The fourth-order valence-corrected chi connectivity index (χ4v) is 2.35. The van der Waals surface area contributed by atoms with Crippen LogP contribution in [-0.2, 0) is 13.0 Å². The third-order valence-corrected chi connectivity index (χ3v) is 3.58. The molecule has 0 aliphatic carbocycles. The molecule has 0 fully saturated rings. The lowest BCUT2D eigenvalue weighted by molar-refractivity contribution is 0.467. The Balaban J connectivity index is 2.23. The summed E-state index contributed by atoms with van der Waals surface area (Å²) in [6.45, 7) is 6.07. The molecule has 0 aliphatic rings. The minimum atomic E-state index is 0.693. The molecule has 21 heavy (non-hydrogen) atoms. The van der Waals surface area contributed by atoms with Crippen molar-refractivity contribution in [1.29, 1.82) is 0 Å². The highest BCUT2D eigenvalue weighted by Gasteiger charge is 2.08. The van der Waals surface area contributed by atoms with Crippen LogP contribution >= 0.6 is 11.6 Å². The standard InChI is InChI=1S/C18H22ClNO/c1-3-11-20-13-15-9-10-16(19)12-18(15)21-17-8-6-5-7-14(17)4-2/h5-10,12,20H,3-4,11,13H2,1-2H3. The van der Waals surface area contributed by atoms with E-state index in [-0.39, 0.29) is 0 Å². The highest BCUT2D eigenvalue weighted by Crippen LogP contribution is 2.30. The Morgan fingerprint density at radius 3 is 2.57 bits per heavy atom. The monoisotopic (exact) mass is 303 g/mol. The van der Waals surface area contributed by atoms with Gasteiger partial charge in [-0.3, -0.25) is 0 Å². The molecule has 0 aromatic heterocycles. The predicted molar refractivity (Wildman–Crippen MR) is 89.3 cm³/mol. The average Bonchev–Trinajstić information content (AvgIpc) is 2.50. The zero-order valence-corrected chi connectivity index (χ0v) is 13.4. The van der Waals surface area contributed by atoms with E-state index in [0.717, 1.165) is 43.0 Å². The molecule has 0 amide bonds. The van der Waals surface area contributed by atoms with Crippen LogP contribution in [0.25, 0.3) is 0 Å². The van der Waals surface area contributed by atoms with E-state index in [2.05, 4.69) is 25.2 Å². The van der Waals surface area contributed by atoms with Crippen LogP contribution in [0.15, 0.2) is 42.5 Å². The van der Waals surface area contributed by atoms with Gasteiger partial charge < -0.3 is 10.1 Å². The maximum absolute atomic E-state index is 6.12. The average molecular weight is 304 g/mol. The van der Waals surface area contributed by atoms with Crippen LogP contribution < -0.4 is 10.1 Å². The molecule has 0 radical (unpaired) electrons. The zero-order chi connectivity index (χ0) is 15.1. The fourth-order valence-electron chi connectivity index (χ4n) is 2.18. The molecule has 2 rings (SSSR count). The van der Waals surface area contributed by atoms with Gasteiger partial charge in [-0.15, -0.1) is 0 Å². The number of aryl methyl sites for hydroxylation is 1. The first kappa shape index (κ1) is 15.9. The number of nitrogens with one attached hydrogen (secondary N) is 1. The Hall–Kier alpha value is -1.51. The van der Waals surface area contributed by atoms with Gasteiger partial charge in [0, 0.05) is 17.1 Å². The van der Waals surface area contributed by atoms with Crippen LogP contribution in [-0.4, -0.2) is 6.54 Å². The van der Waals surface area contributed by atoms with Gasteiger partial charge in [0.15, 0.2) is 0 Å². The molecule has 0 unspecified atom stereocenters. The molecule has 0 aliphatic heterocycles. The van der Waals surface area contributed by atoms with E-state index < -0.39 is 0 Å². The molecule has 0 saturated heterocycles. The van der Waals surface area contributed by atoms with Crippen LogP contribution in [0.2, 0.25) is 5.02 Å². The second-order valence-corrected chi connectivity index (χ2v) is 5.43. The molecular weight excluding hydrogens is 282 g/mol. The van der Waals surface area contributed by atoms with Crippen molar-refractivity contribution in [2.24, 2.45) is 0 Å². The summed E-state index contributed by atoms with van der Waals surface area (Å²) >= 11 is 6.12. The van der Waals surface area contributed by atoms with E-state index in [9.17, 15) is 0 Å². The minimum Gasteiger partial charge on any atom is -0.457 e. The summed E-state index contributed by atoms with van der Waals surface area (Å²) in [6, 6.07) is 13.9. The number of para-hydroxylation sites is 1. The number of benzene rings is 2. The van der Waals surface area contributed by atoms with Crippen molar-refractivity contribution in [2.45, 2.75) is 33.2 Å². The molecule has 2 nitrogen and oxygen atoms in total. The summed E-state index contributed by atoms with van der Waals surface area (Å²) in [7, 11) is 0. The molecule has 0 saturated carbocycles. The third kappa shape index (κ3) is 4.48. The summed E-state index contributed by atoms with van der Waals surface area (Å²) in [5.41, 5.74) is 2.32. The second kappa shape index (κ2) is 8.06. The van der Waals surface area contributed by atoms with E-state index >= 15 is 0 Å². The summed E-state index contributed by atoms with van der Waals surface area (Å²) in [6.07, 6.45) is 2.06. The number of hydrogen-bond acceptors (Lipinski definition) is 2. The molecule has 0 atom stereocenters. The summed E-state index contributed by atoms with van der Waals surface area (Å²) in [5.74, 6) is 1.73. The van der Waals surface area contributed by atoms with Crippen LogP contribution in [0, 0.1) is 0 Å². The maximum Gasteiger partial charge on any atom is 0.133 e. The quantitative estimate of drug-likeness (QED) is 0.710. The number of rotatable bonds is 7. The van der Waals surface area contributed by atoms with Crippen LogP contribution in [0.1, 0.15) is 31.4 Å². The van der Waals surface area contributed by atoms with E-state index in [4.69, 9.17) is 16.3 Å². The van der Waals surface area contributed by atoms with E-state index in [0.29, 0.717) is 5.02 Å².